The lowest BCUT2D eigenvalue weighted by atomic mass is 9.93. The van der Waals surface area contributed by atoms with Gasteiger partial charge in [0.1, 0.15) is 10.8 Å². The summed E-state index contributed by atoms with van der Waals surface area (Å²) in [4.78, 5) is 16.6. The number of hydrogen-bond acceptors (Lipinski definition) is 3. The van der Waals surface area contributed by atoms with E-state index in [2.05, 4.69) is 25.8 Å². The first kappa shape index (κ1) is 15.1. The lowest BCUT2D eigenvalue weighted by Crippen LogP contribution is -2.12. The molecule has 5 heteroatoms. The lowest BCUT2D eigenvalue weighted by molar-refractivity contribution is 0.0992. The van der Waals surface area contributed by atoms with E-state index in [0.717, 1.165) is 10.7 Å². The molecule has 0 bridgehead atoms. The number of hydrogen-bond donors (Lipinski definition) is 0. The zero-order valence-corrected chi connectivity index (χ0v) is 13.1. The Morgan fingerprint density at radius 2 is 2.10 bits per heavy atom. The molecule has 0 amide bonds. The van der Waals surface area contributed by atoms with E-state index >= 15 is 0 Å². The average Bonchev–Trinajstić information content (AvgIpc) is 2.81. The highest BCUT2D eigenvalue weighted by atomic mass is 35.5. The Hall–Kier alpha value is -1.26. The Morgan fingerprint density at radius 1 is 1.40 bits per heavy atom. The molecule has 0 aliphatic rings. The Bertz CT molecular complexity index is 646. The SMILES string of the molecule is CC(C)(C)c1csc(CC(=O)c2ccc(Cl)c(F)c2)n1. The van der Waals surface area contributed by atoms with Crippen molar-refractivity contribution in [1.29, 1.82) is 0 Å². The molecule has 0 spiro atoms. The number of Topliss-reactive ketones (excluding diaryl/α,β-unsaturated/α-hetero) is 1. The number of benzene rings is 1. The van der Waals surface area contributed by atoms with Crippen molar-refractivity contribution in [1.82, 2.24) is 4.98 Å². The Labute approximate surface area is 126 Å². The molecule has 1 heterocycles. The van der Waals surface area contributed by atoms with Crippen LogP contribution in [0.5, 0.6) is 0 Å². The van der Waals surface area contributed by atoms with E-state index in [9.17, 15) is 9.18 Å². The molecule has 2 rings (SSSR count). The van der Waals surface area contributed by atoms with Crippen molar-refractivity contribution < 1.29 is 9.18 Å². The Balaban J connectivity index is 2.15. The molecule has 0 unspecified atom stereocenters. The van der Waals surface area contributed by atoms with Crippen LogP contribution in [0.25, 0.3) is 0 Å². The normalized spacial score (nSPS) is 11.7. The van der Waals surface area contributed by atoms with Crippen molar-refractivity contribution in [3.8, 4) is 0 Å². The van der Waals surface area contributed by atoms with Crippen LogP contribution in [0.15, 0.2) is 23.6 Å². The molecule has 0 fully saturated rings. The number of aromatic nitrogens is 1. The van der Waals surface area contributed by atoms with Crippen molar-refractivity contribution in [2.75, 3.05) is 0 Å². The van der Waals surface area contributed by atoms with E-state index in [0.29, 0.717) is 5.56 Å². The van der Waals surface area contributed by atoms with Crippen molar-refractivity contribution in [2.24, 2.45) is 0 Å². The number of nitrogens with zero attached hydrogens (tertiary/aromatic N) is 1. The summed E-state index contributed by atoms with van der Waals surface area (Å²) in [5.74, 6) is -0.734. The van der Waals surface area contributed by atoms with Crippen molar-refractivity contribution >= 4 is 28.7 Å². The van der Waals surface area contributed by atoms with Crippen LogP contribution in [-0.4, -0.2) is 10.8 Å². The summed E-state index contributed by atoms with van der Waals surface area (Å²) >= 11 is 7.06. The van der Waals surface area contributed by atoms with Gasteiger partial charge in [-0.25, -0.2) is 9.37 Å². The van der Waals surface area contributed by atoms with Gasteiger partial charge in [-0.2, -0.15) is 0 Å². The van der Waals surface area contributed by atoms with Gasteiger partial charge in [0.2, 0.25) is 0 Å². The van der Waals surface area contributed by atoms with Gasteiger partial charge in [-0.05, 0) is 18.2 Å². The van der Waals surface area contributed by atoms with Gasteiger partial charge in [-0.3, -0.25) is 4.79 Å². The molecule has 0 saturated heterocycles. The number of carbonyl (C=O) groups excluding carboxylic acids is 1. The molecule has 0 radical (unpaired) electrons. The third kappa shape index (κ3) is 3.44. The standard InChI is InChI=1S/C15H15ClFNOS/c1-15(2,3)13-8-20-14(18-13)7-12(19)9-4-5-10(16)11(17)6-9/h4-6,8H,7H2,1-3H3. The molecule has 2 aromatic rings. The third-order valence-corrected chi connectivity index (χ3v) is 4.03. The van der Waals surface area contributed by atoms with Gasteiger partial charge >= 0.3 is 0 Å². The molecular weight excluding hydrogens is 297 g/mol. The minimum Gasteiger partial charge on any atom is -0.294 e. The second-order valence-corrected chi connectivity index (χ2v) is 6.96. The maximum atomic E-state index is 13.3. The first-order valence-electron chi connectivity index (χ1n) is 6.20. The first-order chi connectivity index (χ1) is 9.27. The molecule has 0 atom stereocenters. The van der Waals surface area contributed by atoms with Gasteiger partial charge in [0.15, 0.2) is 5.78 Å². The van der Waals surface area contributed by atoms with Gasteiger partial charge in [-0.15, -0.1) is 11.3 Å². The minimum absolute atomic E-state index is 0.0193. The molecule has 20 heavy (non-hydrogen) atoms. The van der Waals surface area contributed by atoms with E-state index < -0.39 is 5.82 Å². The lowest BCUT2D eigenvalue weighted by Gasteiger charge is -2.14. The molecule has 0 aliphatic carbocycles. The predicted octanol–water partition coefficient (Wildman–Crippen LogP) is 4.66. The molecule has 1 aromatic carbocycles. The highest BCUT2D eigenvalue weighted by Gasteiger charge is 2.19. The van der Waals surface area contributed by atoms with E-state index in [1.165, 1.54) is 29.5 Å². The fraction of sp³-hybridized carbons (Fsp3) is 0.333. The summed E-state index contributed by atoms with van der Waals surface area (Å²) in [5.41, 5.74) is 1.25. The molecule has 1 aromatic heterocycles. The predicted molar refractivity (Wildman–Crippen MR) is 80.3 cm³/mol. The number of thiazole rings is 1. The highest BCUT2D eigenvalue weighted by Crippen LogP contribution is 2.25. The third-order valence-electron chi connectivity index (χ3n) is 2.87. The molecule has 0 saturated carbocycles. The van der Waals surface area contributed by atoms with Crippen LogP contribution >= 0.6 is 22.9 Å². The first-order valence-corrected chi connectivity index (χ1v) is 7.46. The van der Waals surface area contributed by atoms with Crippen molar-refractivity contribution in [3.05, 3.63) is 50.7 Å². The fourth-order valence-corrected chi connectivity index (χ4v) is 2.78. The summed E-state index contributed by atoms with van der Waals surface area (Å²) in [6.07, 6.45) is 0.182. The van der Waals surface area contributed by atoms with Crippen molar-refractivity contribution in [2.45, 2.75) is 32.6 Å². The highest BCUT2D eigenvalue weighted by molar-refractivity contribution is 7.09. The maximum Gasteiger partial charge on any atom is 0.169 e. The molecule has 106 valence electrons. The second kappa shape index (κ2) is 5.62. The Morgan fingerprint density at radius 3 is 2.65 bits per heavy atom. The zero-order valence-electron chi connectivity index (χ0n) is 11.5. The molecular formula is C15H15ClFNOS. The summed E-state index contributed by atoms with van der Waals surface area (Å²) < 4.78 is 13.3. The average molecular weight is 312 g/mol. The van der Waals surface area contributed by atoms with Gasteiger partial charge < -0.3 is 0 Å². The summed E-state index contributed by atoms with van der Waals surface area (Å²) in [7, 11) is 0. The van der Waals surface area contributed by atoms with Crippen LogP contribution in [0.1, 0.15) is 41.8 Å². The van der Waals surface area contributed by atoms with Crippen LogP contribution < -0.4 is 0 Å². The largest absolute Gasteiger partial charge is 0.294 e. The quantitative estimate of drug-likeness (QED) is 0.772. The van der Waals surface area contributed by atoms with Crippen LogP contribution in [0.4, 0.5) is 4.39 Å². The van der Waals surface area contributed by atoms with Gasteiger partial charge in [0.05, 0.1) is 17.1 Å². The summed E-state index contributed by atoms with van der Waals surface area (Å²) in [6, 6.07) is 4.10. The number of rotatable bonds is 3. The van der Waals surface area contributed by atoms with Gasteiger partial charge in [-0.1, -0.05) is 32.4 Å². The Kier molecular flexibility index (Phi) is 4.25. The van der Waals surface area contributed by atoms with Crippen LogP contribution in [-0.2, 0) is 11.8 Å². The fourth-order valence-electron chi connectivity index (χ4n) is 1.65. The smallest absolute Gasteiger partial charge is 0.169 e. The van der Waals surface area contributed by atoms with E-state index in [4.69, 9.17) is 11.6 Å². The number of halogens is 2. The molecule has 0 aliphatic heterocycles. The van der Waals surface area contributed by atoms with Crippen LogP contribution in [0, 0.1) is 5.82 Å². The maximum absolute atomic E-state index is 13.3. The summed E-state index contributed by atoms with van der Waals surface area (Å²) in [6.45, 7) is 6.21. The van der Waals surface area contributed by atoms with Gasteiger partial charge in [0, 0.05) is 16.4 Å². The van der Waals surface area contributed by atoms with Gasteiger partial charge in [0.25, 0.3) is 0 Å². The van der Waals surface area contributed by atoms with E-state index in [1.54, 1.807) is 0 Å². The molecule has 2 nitrogen and oxygen atoms in total. The molecule has 0 N–H and O–H groups in total. The topological polar surface area (TPSA) is 30.0 Å². The zero-order chi connectivity index (χ0) is 14.9. The van der Waals surface area contributed by atoms with E-state index in [-0.39, 0.29) is 22.6 Å². The van der Waals surface area contributed by atoms with E-state index in [1.807, 2.05) is 5.38 Å². The summed E-state index contributed by atoms with van der Waals surface area (Å²) in [5, 5.41) is 2.73. The number of ketones is 1. The monoisotopic (exact) mass is 311 g/mol. The number of carbonyl (C=O) groups is 1. The minimum atomic E-state index is -0.577. The van der Waals surface area contributed by atoms with Crippen molar-refractivity contribution in [3.63, 3.8) is 0 Å². The van der Waals surface area contributed by atoms with Crippen LogP contribution in [0.3, 0.4) is 0 Å². The second-order valence-electron chi connectivity index (χ2n) is 5.61. The van der Waals surface area contributed by atoms with Crippen LogP contribution in [0.2, 0.25) is 5.02 Å².